The van der Waals surface area contributed by atoms with Gasteiger partial charge in [0.25, 0.3) is 0 Å². The van der Waals surface area contributed by atoms with Crippen LogP contribution in [0.1, 0.15) is 31.9 Å². The standard InChI is InChI=1S/C11H14O2/c1-2-3-5-10(12)7-8-11-6-4-9-13-11/h4,6-9H,2-3,5H2,1H3/b8-7+. The van der Waals surface area contributed by atoms with Gasteiger partial charge in [-0.05, 0) is 30.7 Å². The number of hydrogen-bond acceptors (Lipinski definition) is 2. The quantitative estimate of drug-likeness (QED) is 0.648. The Labute approximate surface area is 78.3 Å². The third-order valence-electron chi connectivity index (χ3n) is 1.75. The van der Waals surface area contributed by atoms with Gasteiger partial charge >= 0.3 is 0 Å². The lowest BCUT2D eigenvalue weighted by Gasteiger charge is -1.90. The van der Waals surface area contributed by atoms with E-state index >= 15 is 0 Å². The smallest absolute Gasteiger partial charge is 0.155 e. The number of unbranched alkanes of at least 4 members (excludes halogenated alkanes) is 1. The first-order valence-electron chi connectivity index (χ1n) is 4.57. The summed E-state index contributed by atoms with van der Waals surface area (Å²) in [6.45, 7) is 2.07. The molecule has 0 saturated heterocycles. The number of rotatable bonds is 5. The van der Waals surface area contributed by atoms with Gasteiger partial charge in [0.15, 0.2) is 5.78 Å². The molecule has 13 heavy (non-hydrogen) atoms. The number of carbonyl (C=O) groups is 1. The van der Waals surface area contributed by atoms with E-state index < -0.39 is 0 Å². The van der Waals surface area contributed by atoms with E-state index in [0.717, 1.165) is 18.6 Å². The molecule has 1 aromatic rings. The van der Waals surface area contributed by atoms with Crippen molar-refractivity contribution < 1.29 is 9.21 Å². The summed E-state index contributed by atoms with van der Waals surface area (Å²) in [6, 6.07) is 3.62. The summed E-state index contributed by atoms with van der Waals surface area (Å²) in [6.07, 6.45) is 7.53. The second-order valence-corrected chi connectivity index (χ2v) is 2.92. The molecule has 2 nitrogen and oxygen atoms in total. The fourth-order valence-corrected chi connectivity index (χ4v) is 0.996. The Kier molecular flexibility index (Phi) is 4.03. The van der Waals surface area contributed by atoms with Crippen LogP contribution in [0.25, 0.3) is 6.08 Å². The summed E-state index contributed by atoms with van der Waals surface area (Å²) >= 11 is 0. The molecule has 0 aliphatic carbocycles. The van der Waals surface area contributed by atoms with Crippen molar-refractivity contribution in [3.05, 3.63) is 30.2 Å². The molecule has 0 aliphatic rings. The molecule has 70 valence electrons. The Morgan fingerprint density at radius 3 is 3.08 bits per heavy atom. The predicted octanol–water partition coefficient (Wildman–Crippen LogP) is 3.05. The SMILES string of the molecule is CCCCC(=O)/C=C/c1ccco1. The monoisotopic (exact) mass is 178 g/mol. The number of ketones is 1. The number of furan rings is 1. The minimum Gasteiger partial charge on any atom is -0.465 e. The lowest BCUT2D eigenvalue weighted by atomic mass is 10.2. The highest BCUT2D eigenvalue weighted by Crippen LogP contribution is 2.03. The molecule has 0 amide bonds. The number of hydrogen-bond donors (Lipinski definition) is 0. The number of allylic oxidation sites excluding steroid dienone is 1. The first-order valence-corrected chi connectivity index (χ1v) is 4.57. The molecule has 1 aromatic heterocycles. The highest BCUT2D eigenvalue weighted by molar-refractivity contribution is 5.93. The normalized spacial score (nSPS) is 10.8. The van der Waals surface area contributed by atoms with Crippen molar-refractivity contribution in [1.29, 1.82) is 0 Å². The van der Waals surface area contributed by atoms with Crippen LogP contribution in [-0.4, -0.2) is 5.78 Å². The van der Waals surface area contributed by atoms with Gasteiger partial charge in [-0.15, -0.1) is 0 Å². The zero-order chi connectivity index (χ0) is 9.52. The maximum absolute atomic E-state index is 11.2. The Bertz CT molecular complexity index is 270. The van der Waals surface area contributed by atoms with Gasteiger partial charge in [-0.25, -0.2) is 0 Å². The maximum atomic E-state index is 11.2. The van der Waals surface area contributed by atoms with Crippen LogP contribution in [0.5, 0.6) is 0 Å². The Hall–Kier alpha value is -1.31. The first kappa shape index (κ1) is 9.78. The summed E-state index contributed by atoms with van der Waals surface area (Å²) in [5.74, 6) is 0.892. The van der Waals surface area contributed by atoms with Crippen LogP contribution < -0.4 is 0 Å². The van der Waals surface area contributed by atoms with Gasteiger partial charge in [0, 0.05) is 6.42 Å². The molecule has 0 spiro atoms. The van der Waals surface area contributed by atoms with Crippen molar-refractivity contribution >= 4 is 11.9 Å². The minimum atomic E-state index is 0.165. The summed E-state index contributed by atoms with van der Waals surface area (Å²) < 4.78 is 5.05. The van der Waals surface area contributed by atoms with Crippen molar-refractivity contribution in [3.8, 4) is 0 Å². The number of carbonyl (C=O) groups excluding carboxylic acids is 1. The van der Waals surface area contributed by atoms with E-state index in [1.807, 2.05) is 6.07 Å². The van der Waals surface area contributed by atoms with E-state index in [1.54, 1.807) is 24.5 Å². The fourth-order valence-electron chi connectivity index (χ4n) is 0.996. The van der Waals surface area contributed by atoms with E-state index in [0.29, 0.717) is 6.42 Å². The molecule has 0 saturated carbocycles. The maximum Gasteiger partial charge on any atom is 0.155 e. The van der Waals surface area contributed by atoms with Gasteiger partial charge in [-0.1, -0.05) is 13.3 Å². The third-order valence-corrected chi connectivity index (χ3v) is 1.75. The molecule has 0 radical (unpaired) electrons. The third kappa shape index (κ3) is 3.74. The Balaban J connectivity index is 2.35. The van der Waals surface area contributed by atoms with E-state index in [1.165, 1.54) is 0 Å². The van der Waals surface area contributed by atoms with Gasteiger partial charge in [0.2, 0.25) is 0 Å². The molecule has 0 aliphatic heterocycles. The van der Waals surface area contributed by atoms with Crippen molar-refractivity contribution in [2.45, 2.75) is 26.2 Å². The topological polar surface area (TPSA) is 30.2 Å². The van der Waals surface area contributed by atoms with Gasteiger partial charge in [-0.3, -0.25) is 4.79 Å². The lowest BCUT2D eigenvalue weighted by Crippen LogP contribution is -1.90. The molecule has 2 heteroatoms. The predicted molar refractivity (Wildman–Crippen MR) is 52.3 cm³/mol. The average molecular weight is 178 g/mol. The van der Waals surface area contributed by atoms with Crippen LogP contribution in [-0.2, 0) is 4.79 Å². The molecule has 1 heterocycles. The summed E-state index contributed by atoms with van der Waals surface area (Å²) in [7, 11) is 0. The summed E-state index contributed by atoms with van der Waals surface area (Å²) in [5.41, 5.74) is 0. The van der Waals surface area contributed by atoms with Gasteiger partial charge in [0.05, 0.1) is 6.26 Å². The summed E-state index contributed by atoms with van der Waals surface area (Å²) in [4.78, 5) is 11.2. The first-order chi connectivity index (χ1) is 6.33. The largest absolute Gasteiger partial charge is 0.465 e. The van der Waals surface area contributed by atoms with Crippen LogP contribution >= 0.6 is 0 Å². The van der Waals surface area contributed by atoms with Crippen molar-refractivity contribution in [3.63, 3.8) is 0 Å². The van der Waals surface area contributed by atoms with E-state index in [4.69, 9.17) is 4.42 Å². The zero-order valence-corrected chi connectivity index (χ0v) is 7.82. The molecule has 0 unspecified atom stereocenters. The molecule has 0 aromatic carbocycles. The highest BCUT2D eigenvalue weighted by atomic mass is 16.3. The second kappa shape index (κ2) is 5.36. The van der Waals surface area contributed by atoms with Crippen molar-refractivity contribution in [2.75, 3.05) is 0 Å². The van der Waals surface area contributed by atoms with E-state index in [9.17, 15) is 4.79 Å². The fraction of sp³-hybridized carbons (Fsp3) is 0.364. The van der Waals surface area contributed by atoms with E-state index in [-0.39, 0.29) is 5.78 Å². The van der Waals surface area contributed by atoms with Crippen LogP contribution in [0.2, 0.25) is 0 Å². The highest BCUT2D eigenvalue weighted by Gasteiger charge is 1.95. The van der Waals surface area contributed by atoms with Crippen LogP contribution in [0.3, 0.4) is 0 Å². The van der Waals surface area contributed by atoms with Crippen LogP contribution in [0.4, 0.5) is 0 Å². The molecular weight excluding hydrogens is 164 g/mol. The Morgan fingerprint density at radius 2 is 2.46 bits per heavy atom. The Morgan fingerprint density at radius 1 is 1.62 bits per heavy atom. The summed E-state index contributed by atoms with van der Waals surface area (Å²) in [5, 5.41) is 0. The lowest BCUT2D eigenvalue weighted by molar-refractivity contribution is -0.114. The van der Waals surface area contributed by atoms with Gasteiger partial charge in [-0.2, -0.15) is 0 Å². The molecular formula is C11H14O2. The molecule has 1 rings (SSSR count). The van der Waals surface area contributed by atoms with Crippen molar-refractivity contribution in [2.24, 2.45) is 0 Å². The van der Waals surface area contributed by atoms with Crippen molar-refractivity contribution in [1.82, 2.24) is 0 Å². The van der Waals surface area contributed by atoms with Crippen LogP contribution in [0, 0.1) is 0 Å². The molecule has 0 atom stereocenters. The molecule has 0 N–H and O–H groups in total. The van der Waals surface area contributed by atoms with Gasteiger partial charge in [0.1, 0.15) is 5.76 Å². The molecule has 0 bridgehead atoms. The molecule has 0 fully saturated rings. The second-order valence-electron chi connectivity index (χ2n) is 2.92. The average Bonchev–Trinajstić information content (AvgIpc) is 2.64. The van der Waals surface area contributed by atoms with Crippen LogP contribution in [0.15, 0.2) is 28.9 Å². The van der Waals surface area contributed by atoms with Gasteiger partial charge < -0.3 is 4.42 Å². The minimum absolute atomic E-state index is 0.165. The zero-order valence-electron chi connectivity index (χ0n) is 7.82. The van der Waals surface area contributed by atoms with E-state index in [2.05, 4.69) is 6.92 Å².